The molecule has 0 N–H and O–H groups in total. The molecular formula is C19H17ClN2O2S. The van der Waals surface area contributed by atoms with Crippen molar-refractivity contribution in [3.63, 3.8) is 0 Å². The molecule has 1 amide bonds. The van der Waals surface area contributed by atoms with Crippen molar-refractivity contribution in [1.29, 1.82) is 0 Å². The number of aliphatic imine (C=N–C) groups is 1. The number of thioether (sulfide) groups is 1. The Kier molecular flexibility index (Phi) is 5.46. The van der Waals surface area contributed by atoms with Gasteiger partial charge in [-0.1, -0.05) is 35.9 Å². The molecule has 0 spiro atoms. The summed E-state index contributed by atoms with van der Waals surface area (Å²) in [4.78, 5) is 19.5. The molecule has 1 aliphatic rings. The highest BCUT2D eigenvalue weighted by Crippen LogP contribution is 2.35. The van der Waals surface area contributed by atoms with Gasteiger partial charge in [-0.15, -0.1) is 0 Å². The van der Waals surface area contributed by atoms with E-state index in [1.165, 1.54) is 11.8 Å². The fraction of sp³-hybridized carbons (Fsp3) is 0.158. The summed E-state index contributed by atoms with van der Waals surface area (Å²) in [5.41, 5.74) is 1.56. The zero-order chi connectivity index (χ0) is 17.8. The van der Waals surface area contributed by atoms with Crippen molar-refractivity contribution in [2.75, 3.05) is 13.7 Å². The normalized spacial score (nSPS) is 17.6. The van der Waals surface area contributed by atoms with Crippen LogP contribution in [0.25, 0.3) is 6.08 Å². The molecule has 4 nitrogen and oxygen atoms in total. The van der Waals surface area contributed by atoms with E-state index in [0.717, 1.165) is 11.3 Å². The highest BCUT2D eigenvalue weighted by molar-refractivity contribution is 8.18. The molecule has 1 aliphatic heterocycles. The van der Waals surface area contributed by atoms with Crippen molar-refractivity contribution in [2.24, 2.45) is 4.99 Å². The maximum atomic E-state index is 12.7. The number of ether oxygens (including phenoxy) is 1. The third-order valence-corrected chi connectivity index (χ3v) is 4.99. The lowest BCUT2D eigenvalue weighted by molar-refractivity contribution is -0.122. The van der Waals surface area contributed by atoms with Crippen molar-refractivity contribution in [1.82, 2.24) is 4.90 Å². The number of amides is 1. The van der Waals surface area contributed by atoms with Gasteiger partial charge in [0.15, 0.2) is 5.17 Å². The molecule has 0 atom stereocenters. The van der Waals surface area contributed by atoms with Gasteiger partial charge in [0.1, 0.15) is 5.75 Å². The summed E-state index contributed by atoms with van der Waals surface area (Å²) in [5.74, 6) is 0.697. The van der Waals surface area contributed by atoms with Crippen LogP contribution < -0.4 is 4.74 Å². The number of carbonyl (C=O) groups excluding carboxylic acids is 1. The average Bonchev–Trinajstić information content (AvgIpc) is 2.91. The van der Waals surface area contributed by atoms with E-state index in [1.54, 1.807) is 18.1 Å². The van der Waals surface area contributed by atoms with E-state index in [2.05, 4.69) is 4.99 Å². The summed E-state index contributed by atoms with van der Waals surface area (Å²) in [5, 5.41) is 1.19. The molecule has 0 aromatic heterocycles. The van der Waals surface area contributed by atoms with Crippen LogP contribution in [-0.4, -0.2) is 29.6 Å². The van der Waals surface area contributed by atoms with E-state index in [9.17, 15) is 4.79 Å². The number of nitrogens with zero attached hydrogens (tertiary/aromatic N) is 2. The number of rotatable bonds is 4. The number of amidine groups is 1. The lowest BCUT2D eigenvalue weighted by atomic mass is 10.2. The molecule has 1 heterocycles. The minimum atomic E-state index is -0.0545. The van der Waals surface area contributed by atoms with Crippen LogP contribution in [0.5, 0.6) is 5.75 Å². The Morgan fingerprint density at radius 3 is 2.76 bits per heavy atom. The van der Waals surface area contributed by atoms with Crippen LogP contribution in [0, 0.1) is 0 Å². The third kappa shape index (κ3) is 3.89. The molecule has 3 rings (SSSR count). The lowest BCUT2D eigenvalue weighted by Gasteiger charge is -2.12. The Balaban J connectivity index is 1.95. The van der Waals surface area contributed by atoms with Crippen LogP contribution in [0.4, 0.5) is 5.69 Å². The van der Waals surface area contributed by atoms with Crippen molar-refractivity contribution in [3.8, 4) is 5.75 Å². The largest absolute Gasteiger partial charge is 0.497 e. The number of halogens is 1. The molecule has 0 saturated carbocycles. The molecule has 0 bridgehead atoms. The summed E-state index contributed by atoms with van der Waals surface area (Å²) < 4.78 is 5.23. The first-order valence-electron chi connectivity index (χ1n) is 7.81. The second-order valence-electron chi connectivity index (χ2n) is 5.28. The number of benzene rings is 2. The van der Waals surface area contributed by atoms with Gasteiger partial charge in [-0.05, 0) is 54.6 Å². The van der Waals surface area contributed by atoms with Gasteiger partial charge in [0.2, 0.25) is 0 Å². The highest BCUT2D eigenvalue weighted by atomic mass is 35.5. The van der Waals surface area contributed by atoms with Gasteiger partial charge in [0.25, 0.3) is 5.91 Å². The van der Waals surface area contributed by atoms with Crippen LogP contribution in [0.3, 0.4) is 0 Å². The van der Waals surface area contributed by atoms with Crippen molar-refractivity contribution < 1.29 is 9.53 Å². The Hall–Kier alpha value is -2.24. The number of hydrogen-bond donors (Lipinski definition) is 0. The highest BCUT2D eigenvalue weighted by Gasteiger charge is 2.32. The standard InChI is InChI=1S/C19H17ClN2O2S/c1-3-22-18(23)17(12-13-7-6-8-14(11-13)24-2)25-19(22)21-16-10-5-4-9-15(16)20/h4-12H,3H2,1-2H3/b17-12+,21-19?. The quantitative estimate of drug-likeness (QED) is 0.711. The maximum absolute atomic E-state index is 12.7. The second kappa shape index (κ2) is 7.76. The first kappa shape index (κ1) is 17.6. The van der Waals surface area contributed by atoms with Gasteiger partial charge in [-0.3, -0.25) is 9.69 Å². The number of likely N-dealkylation sites (N-methyl/N-ethyl adjacent to an activating group) is 1. The van der Waals surface area contributed by atoms with Gasteiger partial charge in [0, 0.05) is 6.54 Å². The predicted octanol–water partition coefficient (Wildman–Crippen LogP) is 4.97. The van der Waals surface area contributed by atoms with Gasteiger partial charge >= 0.3 is 0 Å². The van der Waals surface area contributed by atoms with Gasteiger partial charge in [0.05, 0.1) is 22.7 Å². The van der Waals surface area contributed by atoms with Crippen molar-refractivity contribution in [3.05, 3.63) is 64.0 Å². The van der Waals surface area contributed by atoms with Crippen LogP contribution in [0.1, 0.15) is 12.5 Å². The SMILES string of the molecule is CCN1C(=O)/C(=C\c2cccc(OC)c2)SC1=Nc1ccccc1Cl. The number of hydrogen-bond acceptors (Lipinski definition) is 4. The Morgan fingerprint density at radius 1 is 1.24 bits per heavy atom. The molecule has 6 heteroatoms. The summed E-state index contributed by atoms with van der Waals surface area (Å²) >= 11 is 7.53. The second-order valence-corrected chi connectivity index (χ2v) is 6.70. The first-order valence-corrected chi connectivity index (χ1v) is 9.00. The number of para-hydroxylation sites is 1. The van der Waals surface area contributed by atoms with E-state index in [4.69, 9.17) is 16.3 Å². The number of methoxy groups -OCH3 is 1. The molecule has 0 unspecified atom stereocenters. The van der Waals surface area contributed by atoms with E-state index in [1.807, 2.05) is 55.5 Å². The molecule has 1 saturated heterocycles. The molecule has 25 heavy (non-hydrogen) atoms. The summed E-state index contributed by atoms with van der Waals surface area (Å²) in [6.07, 6.45) is 1.85. The summed E-state index contributed by atoms with van der Waals surface area (Å²) in [6.45, 7) is 2.47. The summed E-state index contributed by atoms with van der Waals surface area (Å²) in [6, 6.07) is 14.9. The van der Waals surface area contributed by atoms with Crippen LogP contribution in [0.15, 0.2) is 58.4 Å². The topological polar surface area (TPSA) is 41.9 Å². The minimum Gasteiger partial charge on any atom is -0.497 e. The third-order valence-electron chi connectivity index (χ3n) is 3.66. The molecule has 0 aliphatic carbocycles. The van der Waals surface area contributed by atoms with Gasteiger partial charge in [-0.2, -0.15) is 0 Å². The zero-order valence-corrected chi connectivity index (χ0v) is 15.5. The van der Waals surface area contributed by atoms with Crippen LogP contribution >= 0.6 is 23.4 Å². The van der Waals surface area contributed by atoms with E-state index in [0.29, 0.717) is 27.3 Å². The Bertz CT molecular complexity index is 864. The fourth-order valence-corrected chi connectivity index (χ4v) is 3.63. The minimum absolute atomic E-state index is 0.0545. The monoisotopic (exact) mass is 372 g/mol. The van der Waals surface area contributed by atoms with Crippen LogP contribution in [0.2, 0.25) is 5.02 Å². The average molecular weight is 373 g/mol. The fourth-order valence-electron chi connectivity index (χ4n) is 2.40. The first-order chi connectivity index (χ1) is 12.1. The predicted molar refractivity (Wildman–Crippen MR) is 104 cm³/mol. The Morgan fingerprint density at radius 2 is 2.04 bits per heavy atom. The van der Waals surface area contributed by atoms with E-state index in [-0.39, 0.29) is 5.91 Å². The maximum Gasteiger partial charge on any atom is 0.266 e. The molecule has 2 aromatic rings. The Labute approximate surface area is 156 Å². The van der Waals surface area contributed by atoms with Gasteiger partial charge in [-0.25, -0.2) is 4.99 Å². The molecule has 128 valence electrons. The van der Waals surface area contributed by atoms with Gasteiger partial charge < -0.3 is 4.74 Å². The van der Waals surface area contributed by atoms with E-state index >= 15 is 0 Å². The number of carbonyl (C=O) groups is 1. The van der Waals surface area contributed by atoms with Crippen LogP contribution in [-0.2, 0) is 4.79 Å². The molecular weight excluding hydrogens is 356 g/mol. The lowest BCUT2D eigenvalue weighted by Crippen LogP contribution is -2.28. The van der Waals surface area contributed by atoms with E-state index < -0.39 is 0 Å². The smallest absolute Gasteiger partial charge is 0.266 e. The molecule has 0 radical (unpaired) electrons. The summed E-state index contributed by atoms with van der Waals surface area (Å²) in [7, 11) is 1.62. The molecule has 1 fully saturated rings. The van der Waals surface area contributed by atoms with Crippen molar-refractivity contribution in [2.45, 2.75) is 6.92 Å². The zero-order valence-electron chi connectivity index (χ0n) is 13.9. The van der Waals surface area contributed by atoms with Crippen molar-refractivity contribution >= 4 is 46.2 Å². The molecule has 2 aromatic carbocycles.